The minimum atomic E-state index is -4.42. The maximum Gasteiger partial charge on any atom is 0.416 e. The molecule has 0 saturated carbocycles. The number of piperidine rings is 1. The number of rotatable bonds is 5. The maximum atomic E-state index is 13.5. The number of hydrogen-bond donors (Lipinski definition) is 1. The summed E-state index contributed by atoms with van der Waals surface area (Å²) >= 11 is 0. The Kier molecular flexibility index (Phi) is 6.77. The number of nitrogens with zero attached hydrogens (tertiary/aromatic N) is 4. The van der Waals surface area contributed by atoms with Crippen LogP contribution in [0.15, 0.2) is 73.1 Å². The van der Waals surface area contributed by atoms with Crippen molar-refractivity contribution in [1.82, 2.24) is 14.5 Å². The molecule has 0 unspecified atom stereocenters. The molecule has 0 spiro atoms. The van der Waals surface area contributed by atoms with Crippen molar-refractivity contribution in [3.05, 3.63) is 90.0 Å². The third kappa shape index (κ3) is 5.11. The largest absolute Gasteiger partial charge is 0.416 e. The standard InChI is InChI=1S/C29H30F3N5/c1-19(33)20-6-8-25(9-7-20)37-16-12-22(13-17-37)28-35-26(23-4-3-5-24(18-23)29(30,31)32)27(36(28)2)21-10-14-34-15-11-21/h3-11,14-15,18-19,22H,12-13,16-17,33H2,1-2H3/t19-/m0/s1. The first-order chi connectivity index (χ1) is 17.7. The zero-order chi connectivity index (χ0) is 26.2. The Balaban J connectivity index is 1.46. The molecule has 192 valence electrons. The smallest absolute Gasteiger partial charge is 0.371 e. The van der Waals surface area contributed by atoms with E-state index >= 15 is 0 Å². The van der Waals surface area contributed by atoms with Gasteiger partial charge in [0.15, 0.2) is 0 Å². The lowest BCUT2D eigenvalue weighted by Crippen LogP contribution is -2.33. The van der Waals surface area contributed by atoms with E-state index in [0.29, 0.717) is 11.3 Å². The van der Waals surface area contributed by atoms with Gasteiger partial charge in [0.25, 0.3) is 0 Å². The zero-order valence-corrected chi connectivity index (χ0v) is 20.9. The predicted molar refractivity (Wildman–Crippen MR) is 140 cm³/mol. The van der Waals surface area contributed by atoms with Crippen molar-refractivity contribution in [2.24, 2.45) is 12.8 Å². The van der Waals surface area contributed by atoms with Crippen LogP contribution in [0.4, 0.5) is 18.9 Å². The van der Waals surface area contributed by atoms with E-state index in [4.69, 9.17) is 10.7 Å². The summed E-state index contributed by atoms with van der Waals surface area (Å²) in [6.45, 7) is 3.72. The lowest BCUT2D eigenvalue weighted by Gasteiger charge is -2.33. The Hall–Kier alpha value is -3.65. The molecule has 2 N–H and O–H groups in total. The molecule has 1 fully saturated rings. The summed E-state index contributed by atoms with van der Waals surface area (Å²) in [4.78, 5) is 11.4. The number of pyridine rings is 1. The number of imidazole rings is 1. The molecule has 0 amide bonds. The van der Waals surface area contributed by atoms with E-state index in [9.17, 15) is 13.2 Å². The fourth-order valence-electron chi connectivity index (χ4n) is 5.15. The summed E-state index contributed by atoms with van der Waals surface area (Å²) in [5.41, 5.74) is 10.3. The highest BCUT2D eigenvalue weighted by Gasteiger charge is 2.32. The number of halogens is 3. The number of aromatic nitrogens is 3. The van der Waals surface area contributed by atoms with Crippen LogP contribution in [0.1, 0.15) is 48.7 Å². The van der Waals surface area contributed by atoms with Crippen molar-refractivity contribution in [2.75, 3.05) is 18.0 Å². The Morgan fingerprint density at radius 1 is 0.946 bits per heavy atom. The minimum absolute atomic E-state index is 0.00353. The second kappa shape index (κ2) is 10.0. The molecule has 1 aliphatic heterocycles. The summed E-state index contributed by atoms with van der Waals surface area (Å²) in [6.07, 6.45) is 0.757. The van der Waals surface area contributed by atoms with Crippen molar-refractivity contribution in [3.63, 3.8) is 0 Å². The van der Waals surface area contributed by atoms with E-state index in [0.717, 1.165) is 54.6 Å². The van der Waals surface area contributed by atoms with E-state index in [1.54, 1.807) is 18.5 Å². The van der Waals surface area contributed by atoms with E-state index in [1.165, 1.54) is 17.8 Å². The van der Waals surface area contributed by atoms with E-state index in [1.807, 2.05) is 30.7 Å². The van der Waals surface area contributed by atoms with Gasteiger partial charge in [-0.05, 0) is 61.7 Å². The summed E-state index contributed by atoms with van der Waals surface area (Å²) < 4.78 is 42.5. The highest BCUT2D eigenvalue weighted by atomic mass is 19.4. The van der Waals surface area contributed by atoms with Crippen LogP contribution in [-0.2, 0) is 13.2 Å². The zero-order valence-electron chi connectivity index (χ0n) is 20.9. The molecule has 37 heavy (non-hydrogen) atoms. The van der Waals surface area contributed by atoms with Crippen LogP contribution in [0.5, 0.6) is 0 Å². The summed E-state index contributed by atoms with van der Waals surface area (Å²) in [6, 6.07) is 17.5. The van der Waals surface area contributed by atoms with Crippen LogP contribution < -0.4 is 10.6 Å². The van der Waals surface area contributed by atoms with Gasteiger partial charge in [-0.3, -0.25) is 4.98 Å². The first-order valence-corrected chi connectivity index (χ1v) is 12.5. The molecule has 2 aromatic carbocycles. The van der Waals surface area contributed by atoms with E-state index in [-0.39, 0.29) is 12.0 Å². The SMILES string of the molecule is C[C@H](N)c1ccc(N2CCC(c3nc(-c4cccc(C(F)(F)F)c4)c(-c4ccncc4)n3C)CC2)cc1. The lowest BCUT2D eigenvalue weighted by molar-refractivity contribution is -0.137. The van der Waals surface area contributed by atoms with Gasteiger partial charge >= 0.3 is 6.18 Å². The van der Waals surface area contributed by atoms with Crippen LogP contribution >= 0.6 is 0 Å². The third-order valence-corrected chi connectivity index (χ3v) is 7.19. The normalized spacial score (nSPS) is 15.7. The predicted octanol–water partition coefficient (Wildman–Crippen LogP) is 6.57. The van der Waals surface area contributed by atoms with Crippen molar-refractivity contribution in [2.45, 2.75) is 37.9 Å². The van der Waals surface area contributed by atoms with Gasteiger partial charge in [0.2, 0.25) is 0 Å². The van der Waals surface area contributed by atoms with Crippen molar-refractivity contribution in [1.29, 1.82) is 0 Å². The molecule has 0 aliphatic carbocycles. The Bertz CT molecular complexity index is 1350. The van der Waals surface area contributed by atoms with Crippen LogP contribution in [0.3, 0.4) is 0 Å². The molecule has 3 heterocycles. The second-order valence-corrected chi connectivity index (χ2v) is 9.68. The van der Waals surface area contributed by atoms with Gasteiger partial charge in [0, 0.05) is 61.3 Å². The highest BCUT2D eigenvalue weighted by Crippen LogP contribution is 2.39. The molecule has 4 aromatic rings. The van der Waals surface area contributed by atoms with Crippen molar-refractivity contribution in [3.8, 4) is 22.5 Å². The monoisotopic (exact) mass is 505 g/mol. The molecular formula is C29H30F3N5. The molecule has 8 heteroatoms. The second-order valence-electron chi connectivity index (χ2n) is 9.68. The van der Waals surface area contributed by atoms with Crippen molar-refractivity contribution >= 4 is 5.69 Å². The van der Waals surface area contributed by atoms with Gasteiger partial charge in [-0.2, -0.15) is 13.2 Å². The van der Waals surface area contributed by atoms with Crippen LogP contribution in [0.25, 0.3) is 22.5 Å². The summed E-state index contributed by atoms with van der Waals surface area (Å²) in [5, 5.41) is 0. The van der Waals surface area contributed by atoms with Crippen LogP contribution in [0, 0.1) is 0 Å². The fourth-order valence-corrected chi connectivity index (χ4v) is 5.15. The molecule has 1 aliphatic rings. The highest BCUT2D eigenvalue weighted by molar-refractivity contribution is 5.79. The Morgan fingerprint density at radius 2 is 1.62 bits per heavy atom. The van der Waals surface area contributed by atoms with Gasteiger partial charge in [0.05, 0.1) is 17.0 Å². The summed E-state index contributed by atoms with van der Waals surface area (Å²) in [7, 11) is 1.95. The van der Waals surface area contributed by atoms with Gasteiger partial charge in [-0.15, -0.1) is 0 Å². The van der Waals surface area contributed by atoms with Gasteiger partial charge in [0.1, 0.15) is 5.82 Å². The van der Waals surface area contributed by atoms with E-state index in [2.05, 4.69) is 34.1 Å². The number of nitrogens with two attached hydrogens (primary N) is 1. The average molecular weight is 506 g/mol. The minimum Gasteiger partial charge on any atom is -0.371 e. The number of alkyl halides is 3. The topological polar surface area (TPSA) is 60.0 Å². The molecule has 5 nitrogen and oxygen atoms in total. The Morgan fingerprint density at radius 3 is 2.24 bits per heavy atom. The quantitative estimate of drug-likeness (QED) is 0.333. The fraction of sp³-hybridized carbons (Fsp3) is 0.310. The van der Waals surface area contributed by atoms with Crippen molar-refractivity contribution < 1.29 is 13.2 Å². The maximum absolute atomic E-state index is 13.5. The van der Waals surface area contributed by atoms with E-state index < -0.39 is 11.7 Å². The van der Waals surface area contributed by atoms with Crippen LogP contribution in [0.2, 0.25) is 0 Å². The molecule has 0 bridgehead atoms. The van der Waals surface area contributed by atoms with Crippen LogP contribution in [-0.4, -0.2) is 27.6 Å². The molecular weight excluding hydrogens is 475 g/mol. The third-order valence-electron chi connectivity index (χ3n) is 7.19. The number of anilines is 1. The van der Waals surface area contributed by atoms with Gasteiger partial charge < -0.3 is 15.2 Å². The first kappa shape index (κ1) is 25.0. The first-order valence-electron chi connectivity index (χ1n) is 12.5. The number of hydrogen-bond acceptors (Lipinski definition) is 4. The lowest BCUT2D eigenvalue weighted by atomic mass is 9.95. The average Bonchev–Trinajstić information content (AvgIpc) is 3.26. The summed E-state index contributed by atoms with van der Waals surface area (Å²) in [5.74, 6) is 1.09. The molecule has 0 radical (unpaired) electrons. The number of benzene rings is 2. The molecule has 2 aromatic heterocycles. The molecule has 1 atom stereocenters. The molecule has 5 rings (SSSR count). The van der Waals surface area contributed by atoms with Gasteiger partial charge in [-0.1, -0.05) is 24.3 Å². The van der Waals surface area contributed by atoms with Gasteiger partial charge in [-0.25, -0.2) is 4.98 Å². The Labute approximate surface area is 214 Å². The molecule has 1 saturated heterocycles.